The smallest absolute Gasteiger partial charge is 0.191 e. The second-order valence-electron chi connectivity index (χ2n) is 9.70. The van der Waals surface area contributed by atoms with Gasteiger partial charge in [0.2, 0.25) is 0 Å². The molecule has 0 spiro atoms. The van der Waals surface area contributed by atoms with Crippen LogP contribution in [0.25, 0.3) is 0 Å². The Morgan fingerprint density at radius 3 is 2.42 bits per heavy atom. The fraction of sp³-hybridized carbons (Fsp3) is 0.720. The van der Waals surface area contributed by atoms with E-state index in [1.54, 1.807) is 14.2 Å². The van der Waals surface area contributed by atoms with Crippen molar-refractivity contribution in [3.63, 3.8) is 0 Å². The Balaban J connectivity index is 0.00000385. The van der Waals surface area contributed by atoms with Gasteiger partial charge in [-0.15, -0.1) is 24.0 Å². The number of guanidine groups is 1. The monoisotopic (exact) mass is 573 g/mol. The summed E-state index contributed by atoms with van der Waals surface area (Å²) in [6, 6.07) is 6.52. The van der Waals surface area contributed by atoms with Crippen molar-refractivity contribution in [3.05, 3.63) is 23.8 Å². The van der Waals surface area contributed by atoms with E-state index in [1.807, 2.05) is 13.1 Å². The predicted molar refractivity (Wildman–Crippen MR) is 147 cm³/mol. The van der Waals surface area contributed by atoms with Crippen LogP contribution in [0.5, 0.6) is 11.5 Å². The Kier molecular flexibility index (Phi) is 12.0. The number of aliphatic imine (C=N–C) groups is 1. The Labute approximate surface area is 217 Å². The number of halogens is 1. The number of piperidine rings is 1. The molecular weight excluding hydrogens is 529 g/mol. The number of nitrogens with one attached hydrogen (secondary N) is 2. The SMILES string of the molecule is CN=C(NCC1CCCN(CC(C)C)C1)NC1CCN(Cc2cc(OC)cc(OC)c2)C1.I. The van der Waals surface area contributed by atoms with Gasteiger partial charge in [0.15, 0.2) is 5.96 Å². The first kappa shape index (κ1) is 28.0. The van der Waals surface area contributed by atoms with Crippen molar-refractivity contribution in [2.24, 2.45) is 16.8 Å². The lowest BCUT2D eigenvalue weighted by Crippen LogP contribution is -2.48. The molecule has 2 fully saturated rings. The topological polar surface area (TPSA) is 61.4 Å². The lowest BCUT2D eigenvalue weighted by atomic mass is 9.97. The number of hydrogen-bond acceptors (Lipinski definition) is 5. The van der Waals surface area contributed by atoms with Crippen LogP contribution in [-0.4, -0.2) is 82.3 Å². The summed E-state index contributed by atoms with van der Waals surface area (Å²) in [5, 5.41) is 7.24. The van der Waals surface area contributed by atoms with Crippen LogP contribution in [0.4, 0.5) is 0 Å². The van der Waals surface area contributed by atoms with Crippen LogP contribution in [0.15, 0.2) is 23.2 Å². The van der Waals surface area contributed by atoms with E-state index in [0.29, 0.717) is 12.0 Å². The van der Waals surface area contributed by atoms with Crippen molar-refractivity contribution < 1.29 is 9.47 Å². The van der Waals surface area contributed by atoms with E-state index < -0.39 is 0 Å². The van der Waals surface area contributed by atoms with E-state index in [1.165, 1.54) is 38.0 Å². The molecule has 1 aromatic carbocycles. The maximum absolute atomic E-state index is 5.41. The molecule has 8 heteroatoms. The molecule has 2 N–H and O–H groups in total. The Morgan fingerprint density at radius 2 is 1.79 bits per heavy atom. The molecule has 2 aliphatic rings. The number of likely N-dealkylation sites (tertiary alicyclic amines) is 2. The molecular formula is C25H44IN5O2. The van der Waals surface area contributed by atoms with Crippen LogP contribution in [0.3, 0.4) is 0 Å². The minimum atomic E-state index is 0. The van der Waals surface area contributed by atoms with Crippen LogP contribution < -0.4 is 20.1 Å². The van der Waals surface area contributed by atoms with Crippen LogP contribution in [0.2, 0.25) is 0 Å². The van der Waals surface area contributed by atoms with E-state index in [-0.39, 0.29) is 24.0 Å². The fourth-order valence-electron chi connectivity index (χ4n) is 4.94. The average Bonchev–Trinajstić information content (AvgIpc) is 3.22. The molecule has 0 radical (unpaired) electrons. The Hall–Kier alpha value is -1.26. The van der Waals surface area contributed by atoms with Crippen molar-refractivity contribution in [3.8, 4) is 11.5 Å². The minimum Gasteiger partial charge on any atom is -0.497 e. The highest BCUT2D eigenvalue weighted by atomic mass is 127. The number of ether oxygens (including phenoxy) is 2. The molecule has 2 unspecified atom stereocenters. The first-order valence-corrected chi connectivity index (χ1v) is 12.1. The van der Waals surface area contributed by atoms with Gasteiger partial charge in [-0.2, -0.15) is 0 Å². The van der Waals surface area contributed by atoms with Crippen molar-refractivity contribution in [1.82, 2.24) is 20.4 Å². The van der Waals surface area contributed by atoms with Gasteiger partial charge in [0, 0.05) is 58.4 Å². The van der Waals surface area contributed by atoms with Crippen LogP contribution in [0.1, 0.15) is 38.7 Å². The summed E-state index contributed by atoms with van der Waals surface area (Å²) in [6.45, 7) is 12.2. The number of nitrogens with zero attached hydrogens (tertiary/aromatic N) is 3. The molecule has 0 amide bonds. The van der Waals surface area contributed by atoms with E-state index in [4.69, 9.17) is 9.47 Å². The summed E-state index contributed by atoms with van der Waals surface area (Å²) in [5.41, 5.74) is 1.22. The standard InChI is InChI=1S/C25H43N5O2.HI/c1-19(2)15-29-9-6-7-20(16-29)14-27-25(26-3)28-22-8-10-30(18-22)17-21-11-23(31-4)13-24(12-21)32-5;/h11-13,19-20,22H,6-10,14-18H2,1-5H3,(H2,26,27,28);1H. The summed E-state index contributed by atoms with van der Waals surface area (Å²) in [7, 11) is 5.26. The number of benzene rings is 1. The lowest BCUT2D eigenvalue weighted by molar-refractivity contribution is 0.159. The lowest BCUT2D eigenvalue weighted by Gasteiger charge is -2.34. The Morgan fingerprint density at radius 1 is 1.06 bits per heavy atom. The van der Waals surface area contributed by atoms with Crippen molar-refractivity contribution in [1.29, 1.82) is 0 Å². The van der Waals surface area contributed by atoms with Gasteiger partial charge in [-0.05, 0) is 55.3 Å². The van der Waals surface area contributed by atoms with Gasteiger partial charge < -0.3 is 25.0 Å². The van der Waals surface area contributed by atoms with Gasteiger partial charge in [-0.25, -0.2) is 0 Å². The Bertz CT molecular complexity index is 723. The maximum Gasteiger partial charge on any atom is 0.191 e. The normalized spacial score (nSPS) is 22.2. The molecule has 2 heterocycles. The van der Waals surface area contributed by atoms with Gasteiger partial charge in [0.1, 0.15) is 11.5 Å². The van der Waals surface area contributed by atoms with E-state index in [2.05, 4.69) is 51.4 Å². The van der Waals surface area contributed by atoms with Crippen LogP contribution in [-0.2, 0) is 6.54 Å². The van der Waals surface area contributed by atoms with E-state index in [9.17, 15) is 0 Å². The summed E-state index contributed by atoms with van der Waals surface area (Å²) in [6.07, 6.45) is 3.73. The summed E-state index contributed by atoms with van der Waals surface area (Å²) >= 11 is 0. The molecule has 188 valence electrons. The van der Waals surface area contributed by atoms with Crippen LogP contribution >= 0.6 is 24.0 Å². The molecule has 2 atom stereocenters. The summed E-state index contributed by atoms with van der Waals surface area (Å²) in [5.74, 6) is 4.05. The zero-order valence-electron chi connectivity index (χ0n) is 21.1. The molecule has 7 nitrogen and oxygen atoms in total. The van der Waals surface area contributed by atoms with Crippen molar-refractivity contribution >= 4 is 29.9 Å². The molecule has 3 rings (SSSR count). The molecule has 0 aliphatic carbocycles. The summed E-state index contributed by atoms with van der Waals surface area (Å²) in [4.78, 5) is 9.59. The maximum atomic E-state index is 5.41. The van der Waals surface area contributed by atoms with Crippen molar-refractivity contribution in [2.45, 2.75) is 45.7 Å². The zero-order valence-corrected chi connectivity index (χ0v) is 23.4. The highest BCUT2D eigenvalue weighted by Crippen LogP contribution is 2.24. The third kappa shape index (κ3) is 9.13. The number of hydrogen-bond donors (Lipinski definition) is 2. The fourth-order valence-corrected chi connectivity index (χ4v) is 4.94. The molecule has 2 saturated heterocycles. The highest BCUT2D eigenvalue weighted by Gasteiger charge is 2.25. The zero-order chi connectivity index (χ0) is 22.9. The van der Waals surface area contributed by atoms with Gasteiger partial charge in [0.05, 0.1) is 14.2 Å². The van der Waals surface area contributed by atoms with Crippen molar-refractivity contribution in [2.75, 3.05) is 60.5 Å². The first-order valence-electron chi connectivity index (χ1n) is 12.1. The highest BCUT2D eigenvalue weighted by molar-refractivity contribution is 14.0. The van der Waals surface area contributed by atoms with Gasteiger partial charge in [0.25, 0.3) is 0 Å². The van der Waals surface area contributed by atoms with E-state index in [0.717, 1.165) is 56.0 Å². The molecule has 33 heavy (non-hydrogen) atoms. The third-order valence-electron chi connectivity index (χ3n) is 6.44. The first-order chi connectivity index (χ1) is 15.5. The second kappa shape index (κ2) is 14.2. The quantitative estimate of drug-likeness (QED) is 0.268. The molecule has 0 aromatic heterocycles. The average molecular weight is 574 g/mol. The third-order valence-corrected chi connectivity index (χ3v) is 6.44. The largest absolute Gasteiger partial charge is 0.497 e. The minimum absolute atomic E-state index is 0. The van der Waals surface area contributed by atoms with Gasteiger partial charge in [-0.3, -0.25) is 9.89 Å². The number of methoxy groups -OCH3 is 2. The van der Waals surface area contributed by atoms with Gasteiger partial charge >= 0.3 is 0 Å². The molecule has 0 saturated carbocycles. The summed E-state index contributed by atoms with van der Waals surface area (Å²) < 4.78 is 10.8. The molecule has 0 bridgehead atoms. The predicted octanol–water partition coefficient (Wildman–Crippen LogP) is 3.43. The van der Waals surface area contributed by atoms with E-state index >= 15 is 0 Å². The van der Waals surface area contributed by atoms with Gasteiger partial charge in [-0.1, -0.05) is 13.8 Å². The molecule has 2 aliphatic heterocycles. The second-order valence-corrected chi connectivity index (χ2v) is 9.70. The number of rotatable bonds is 9. The van der Waals surface area contributed by atoms with Crippen LogP contribution in [0, 0.1) is 11.8 Å². The molecule has 1 aromatic rings.